The van der Waals surface area contributed by atoms with E-state index in [0.29, 0.717) is 6.54 Å². The molecule has 0 aliphatic heterocycles. The molecule has 5 heteroatoms. The van der Waals surface area contributed by atoms with Gasteiger partial charge in [0.05, 0.1) is 12.8 Å². The molecule has 17 heavy (non-hydrogen) atoms. The van der Waals surface area contributed by atoms with Crippen molar-refractivity contribution in [1.29, 1.82) is 0 Å². The van der Waals surface area contributed by atoms with Gasteiger partial charge in [-0.15, -0.1) is 0 Å². The Morgan fingerprint density at radius 3 is 2.76 bits per heavy atom. The molecule has 1 atom stereocenters. The largest absolute Gasteiger partial charge is 0.468 e. The number of aromatic nitrogens is 1. The highest BCUT2D eigenvalue weighted by molar-refractivity contribution is 9.10. The highest BCUT2D eigenvalue weighted by atomic mass is 79.9. The van der Waals surface area contributed by atoms with Crippen LogP contribution in [-0.4, -0.2) is 24.1 Å². The minimum Gasteiger partial charge on any atom is -0.468 e. The van der Waals surface area contributed by atoms with Crippen LogP contribution in [0.15, 0.2) is 22.8 Å². The predicted molar refractivity (Wildman–Crippen MR) is 69.4 cm³/mol. The minimum absolute atomic E-state index is 0.176. The molecule has 0 aliphatic carbocycles. The average molecular weight is 301 g/mol. The number of rotatable bonds is 5. The maximum Gasteiger partial charge on any atom is 0.323 e. The van der Waals surface area contributed by atoms with Crippen LogP contribution in [0, 0.1) is 5.92 Å². The SMILES string of the molecule is COC(=O)[C@@H](NCc1cccc(Br)n1)C(C)C. The first-order valence-electron chi connectivity index (χ1n) is 5.47. The van der Waals surface area contributed by atoms with Gasteiger partial charge < -0.3 is 4.74 Å². The standard InChI is InChI=1S/C12H17BrN2O2/c1-8(2)11(12(16)17-3)14-7-9-5-4-6-10(13)15-9/h4-6,8,11,14H,7H2,1-3H3/t11-/m0/s1. The predicted octanol–water partition coefficient (Wildman–Crippen LogP) is 2.13. The van der Waals surface area contributed by atoms with Crippen LogP contribution in [0.1, 0.15) is 19.5 Å². The highest BCUT2D eigenvalue weighted by Crippen LogP contribution is 2.08. The first-order chi connectivity index (χ1) is 8.04. The van der Waals surface area contributed by atoms with Gasteiger partial charge in [-0.1, -0.05) is 19.9 Å². The molecule has 0 radical (unpaired) electrons. The van der Waals surface area contributed by atoms with Gasteiger partial charge in [0, 0.05) is 6.54 Å². The van der Waals surface area contributed by atoms with E-state index in [4.69, 9.17) is 4.74 Å². The van der Waals surface area contributed by atoms with Crippen molar-refractivity contribution in [3.63, 3.8) is 0 Å². The number of halogens is 1. The molecule has 94 valence electrons. The van der Waals surface area contributed by atoms with Crippen molar-refractivity contribution in [2.24, 2.45) is 5.92 Å². The van der Waals surface area contributed by atoms with Gasteiger partial charge in [0.1, 0.15) is 10.6 Å². The summed E-state index contributed by atoms with van der Waals surface area (Å²) in [6, 6.07) is 5.38. The van der Waals surface area contributed by atoms with Crippen molar-refractivity contribution in [1.82, 2.24) is 10.3 Å². The summed E-state index contributed by atoms with van der Waals surface area (Å²) >= 11 is 3.31. The van der Waals surface area contributed by atoms with Crippen LogP contribution in [0.4, 0.5) is 0 Å². The monoisotopic (exact) mass is 300 g/mol. The Kier molecular flexibility index (Phi) is 5.58. The minimum atomic E-state index is -0.305. The number of hydrogen-bond acceptors (Lipinski definition) is 4. The number of pyridine rings is 1. The zero-order valence-corrected chi connectivity index (χ0v) is 11.8. The number of nitrogens with zero attached hydrogens (tertiary/aromatic N) is 1. The molecule has 0 fully saturated rings. The van der Waals surface area contributed by atoms with Crippen LogP contribution in [0.5, 0.6) is 0 Å². The maximum absolute atomic E-state index is 11.5. The van der Waals surface area contributed by atoms with Gasteiger partial charge in [-0.25, -0.2) is 4.98 Å². The molecule has 0 amide bonds. The van der Waals surface area contributed by atoms with Gasteiger partial charge in [0.2, 0.25) is 0 Å². The van der Waals surface area contributed by atoms with Crippen molar-refractivity contribution < 1.29 is 9.53 Å². The summed E-state index contributed by atoms with van der Waals surface area (Å²) in [5.41, 5.74) is 0.883. The molecule has 0 spiro atoms. The number of carbonyl (C=O) groups is 1. The quantitative estimate of drug-likeness (QED) is 0.668. The second kappa shape index (κ2) is 6.71. The fourth-order valence-corrected chi connectivity index (χ4v) is 1.86. The van der Waals surface area contributed by atoms with Crippen molar-refractivity contribution >= 4 is 21.9 Å². The number of esters is 1. The topological polar surface area (TPSA) is 51.2 Å². The highest BCUT2D eigenvalue weighted by Gasteiger charge is 2.22. The van der Waals surface area contributed by atoms with Crippen molar-refractivity contribution in [3.05, 3.63) is 28.5 Å². The van der Waals surface area contributed by atoms with E-state index in [1.165, 1.54) is 7.11 Å². The smallest absolute Gasteiger partial charge is 0.323 e. The van der Waals surface area contributed by atoms with Crippen LogP contribution in [0.2, 0.25) is 0 Å². The number of carbonyl (C=O) groups excluding carboxylic acids is 1. The molecule has 1 aromatic rings. The Balaban J connectivity index is 2.61. The number of nitrogens with one attached hydrogen (secondary N) is 1. The Morgan fingerprint density at radius 1 is 1.53 bits per heavy atom. The normalized spacial score (nSPS) is 12.5. The summed E-state index contributed by atoms with van der Waals surface area (Å²) in [6.45, 7) is 4.49. The molecule has 0 saturated heterocycles. The number of methoxy groups -OCH3 is 1. The van der Waals surface area contributed by atoms with E-state index in [0.717, 1.165) is 10.3 Å². The first-order valence-corrected chi connectivity index (χ1v) is 6.26. The van der Waals surface area contributed by atoms with E-state index in [1.807, 2.05) is 32.0 Å². The van der Waals surface area contributed by atoms with Gasteiger partial charge in [-0.3, -0.25) is 10.1 Å². The van der Waals surface area contributed by atoms with Crippen LogP contribution in [0.3, 0.4) is 0 Å². The summed E-state index contributed by atoms with van der Waals surface area (Å²) in [5.74, 6) is -0.0652. The Bertz CT molecular complexity index is 383. The molecule has 1 heterocycles. The van der Waals surface area contributed by atoms with Crippen LogP contribution in [-0.2, 0) is 16.1 Å². The average Bonchev–Trinajstić information content (AvgIpc) is 2.28. The molecule has 4 nitrogen and oxygen atoms in total. The fourth-order valence-electron chi connectivity index (χ4n) is 1.48. The van der Waals surface area contributed by atoms with Crippen molar-refractivity contribution in [3.8, 4) is 0 Å². The van der Waals surface area contributed by atoms with E-state index >= 15 is 0 Å². The molecular formula is C12H17BrN2O2. The van der Waals surface area contributed by atoms with Crippen LogP contribution >= 0.6 is 15.9 Å². The Morgan fingerprint density at radius 2 is 2.24 bits per heavy atom. The lowest BCUT2D eigenvalue weighted by Crippen LogP contribution is -2.41. The van der Waals surface area contributed by atoms with E-state index < -0.39 is 0 Å². The molecule has 1 rings (SSSR count). The zero-order valence-electron chi connectivity index (χ0n) is 10.2. The van der Waals surface area contributed by atoms with Crippen molar-refractivity contribution in [2.75, 3.05) is 7.11 Å². The number of hydrogen-bond donors (Lipinski definition) is 1. The van der Waals surface area contributed by atoms with Gasteiger partial charge in [-0.05, 0) is 34.0 Å². The lowest BCUT2D eigenvalue weighted by Gasteiger charge is -2.19. The third-order valence-corrected chi connectivity index (χ3v) is 2.84. The zero-order chi connectivity index (χ0) is 12.8. The molecule has 0 unspecified atom stereocenters. The lowest BCUT2D eigenvalue weighted by atomic mass is 10.0. The van der Waals surface area contributed by atoms with E-state index in [9.17, 15) is 4.79 Å². The molecule has 1 aromatic heterocycles. The second-order valence-electron chi connectivity index (χ2n) is 4.08. The van der Waals surface area contributed by atoms with Gasteiger partial charge in [-0.2, -0.15) is 0 Å². The molecular weight excluding hydrogens is 284 g/mol. The van der Waals surface area contributed by atoms with Gasteiger partial charge in [0.15, 0.2) is 0 Å². The summed E-state index contributed by atoms with van der Waals surface area (Å²) in [4.78, 5) is 15.8. The van der Waals surface area contributed by atoms with Crippen LogP contribution in [0.25, 0.3) is 0 Å². The third-order valence-electron chi connectivity index (χ3n) is 2.40. The van der Waals surface area contributed by atoms with Gasteiger partial charge in [0.25, 0.3) is 0 Å². The lowest BCUT2D eigenvalue weighted by molar-refractivity contribution is -0.144. The number of ether oxygens (including phenoxy) is 1. The Hall–Kier alpha value is -0.940. The summed E-state index contributed by atoms with van der Waals surface area (Å²) < 4.78 is 5.54. The summed E-state index contributed by atoms with van der Waals surface area (Å²) in [7, 11) is 1.40. The van der Waals surface area contributed by atoms with E-state index in [2.05, 4.69) is 26.2 Å². The Labute approximate surface area is 110 Å². The third kappa shape index (κ3) is 4.44. The van der Waals surface area contributed by atoms with Crippen molar-refractivity contribution in [2.45, 2.75) is 26.4 Å². The molecule has 0 aliphatic rings. The molecule has 0 aromatic carbocycles. The maximum atomic E-state index is 11.5. The second-order valence-corrected chi connectivity index (χ2v) is 4.89. The molecule has 0 saturated carbocycles. The van der Waals surface area contributed by atoms with Crippen LogP contribution < -0.4 is 5.32 Å². The summed E-state index contributed by atoms with van der Waals surface area (Å²) in [5, 5.41) is 3.16. The summed E-state index contributed by atoms with van der Waals surface area (Å²) in [6.07, 6.45) is 0. The molecule has 0 bridgehead atoms. The first kappa shape index (κ1) is 14.1. The van der Waals surface area contributed by atoms with E-state index in [-0.39, 0.29) is 17.9 Å². The van der Waals surface area contributed by atoms with Gasteiger partial charge >= 0.3 is 5.97 Å². The van der Waals surface area contributed by atoms with E-state index in [1.54, 1.807) is 0 Å². The fraction of sp³-hybridized carbons (Fsp3) is 0.500. The molecule has 1 N–H and O–H groups in total.